The van der Waals surface area contributed by atoms with Crippen LogP contribution in [0.3, 0.4) is 0 Å². The first-order chi connectivity index (χ1) is 11.2. The highest BCUT2D eigenvalue weighted by Gasteiger charge is 2.39. The Morgan fingerprint density at radius 2 is 1.91 bits per heavy atom. The maximum Gasteiger partial charge on any atom is 0.219 e. The molecule has 0 bridgehead atoms. The molecule has 4 rings (SSSR count). The third kappa shape index (κ3) is 2.80. The van der Waals surface area contributed by atoms with Crippen molar-refractivity contribution in [3.63, 3.8) is 0 Å². The number of hydrogen-bond acceptors (Lipinski definition) is 4. The molecule has 1 aromatic heterocycles. The van der Waals surface area contributed by atoms with E-state index in [0.29, 0.717) is 12.1 Å². The van der Waals surface area contributed by atoms with Gasteiger partial charge in [-0.3, -0.25) is 9.69 Å². The normalized spacial score (nSPS) is 28.3. The average Bonchev–Trinajstić information content (AvgIpc) is 3.26. The summed E-state index contributed by atoms with van der Waals surface area (Å²) in [6.45, 7) is 4.66. The first kappa shape index (κ1) is 15.2. The standard InChI is InChI=1S/C18H27N3O2/c1-13(22)21-11-5-8-17(21)16-7-4-10-20(16)12-15-14-6-2-3-9-18(14)23-19-15/h16-17H,2-12H2,1H3. The summed E-state index contributed by atoms with van der Waals surface area (Å²) in [5.41, 5.74) is 2.52. The molecule has 2 atom stereocenters. The molecule has 3 aliphatic rings. The molecule has 5 nitrogen and oxygen atoms in total. The van der Waals surface area contributed by atoms with E-state index in [-0.39, 0.29) is 5.91 Å². The van der Waals surface area contributed by atoms with Gasteiger partial charge in [0.25, 0.3) is 0 Å². The maximum atomic E-state index is 11.9. The Bertz CT molecular complexity index is 583. The van der Waals surface area contributed by atoms with E-state index in [0.717, 1.165) is 56.8 Å². The van der Waals surface area contributed by atoms with Gasteiger partial charge in [-0.15, -0.1) is 0 Å². The summed E-state index contributed by atoms with van der Waals surface area (Å²) in [5.74, 6) is 1.35. The van der Waals surface area contributed by atoms with Crippen molar-refractivity contribution >= 4 is 5.91 Å². The lowest BCUT2D eigenvalue weighted by atomic mass is 9.96. The molecule has 1 aliphatic carbocycles. The van der Waals surface area contributed by atoms with Gasteiger partial charge >= 0.3 is 0 Å². The van der Waals surface area contributed by atoms with Crippen LogP contribution in [0.25, 0.3) is 0 Å². The minimum Gasteiger partial charge on any atom is -0.361 e. The number of carbonyl (C=O) groups is 1. The molecule has 0 saturated carbocycles. The number of hydrogen-bond donors (Lipinski definition) is 0. The van der Waals surface area contributed by atoms with E-state index in [4.69, 9.17) is 4.52 Å². The molecule has 3 heterocycles. The summed E-state index contributed by atoms with van der Waals surface area (Å²) in [6, 6.07) is 0.898. The molecule has 126 valence electrons. The summed E-state index contributed by atoms with van der Waals surface area (Å²) in [4.78, 5) is 16.6. The van der Waals surface area contributed by atoms with E-state index in [1.807, 2.05) is 0 Å². The number of aromatic nitrogens is 1. The Morgan fingerprint density at radius 3 is 2.78 bits per heavy atom. The second-order valence-corrected chi connectivity index (χ2v) is 7.34. The van der Waals surface area contributed by atoms with Crippen LogP contribution in [0.2, 0.25) is 0 Å². The first-order valence-corrected chi connectivity index (χ1v) is 9.21. The molecule has 1 amide bonds. The van der Waals surface area contributed by atoms with E-state index in [1.54, 1.807) is 6.92 Å². The van der Waals surface area contributed by atoms with Gasteiger partial charge in [-0.05, 0) is 51.5 Å². The topological polar surface area (TPSA) is 49.6 Å². The third-order valence-corrected chi connectivity index (χ3v) is 5.95. The second kappa shape index (κ2) is 6.27. The van der Waals surface area contributed by atoms with E-state index in [2.05, 4.69) is 15.0 Å². The van der Waals surface area contributed by atoms with Crippen LogP contribution >= 0.6 is 0 Å². The van der Waals surface area contributed by atoms with Crippen molar-refractivity contribution < 1.29 is 9.32 Å². The van der Waals surface area contributed by atoms with Gasteiger partial charge in [0.15, 0.2) is 0 Å². The minimum atomic E-state index is 0.234. The lowest BCUT2D eigenvalue weighted by Gasteiger charge is -2.34. The van der Waals surface area contributed by atoms with E-state index in [9.17, 15) is 4.79 Å². The minimum absolute atomic E-state index is 0.234. The second-order valence-electron chi connectivity index (χ2n) is 7.34. The van der Waals surface area contributed by atoms with Gasteiger partial charge in [0.2, 0.25) is 5.91 Å². The fourth-order valence-electron chi connectivity index (χ4n) is 4.83. The summed E-state index contributed by atoms with van der Waals surface area (Å²) in [7, 11) is 0. The van der Waals surface area contributed by atoms with Crippen molar-refractivity contribution in [3.05, 3.63) is 17.0 Å². The largest absolute Gasteiger partial charge is 0.361 e. The highest BCUT2D eigenvalue weighted by atomic mass is 16.5. The van der Waals surface area contributed by atoms with Crippen molar-refractivity contribution in [2.75, 3.05) is 13.1 Å². The Labute approximate surface area is 138 Å². The molecular weight excluding hydrogens is 290 g/mol. The van der Waals surface area contributed by atoms with Crippen LogP contribution in [0, 0.1) is 0 Å². The van der Waals surface area contributed by atoms with E-state index < -0.39 is 0 Å². The van der Waals surface area contributed by atoms with Crippen molar-refractivity contribution in [1.29, 1.82) is 0 Å². The zero-order valence-corrected chi connectivity index (χ0v) is 14.1. The monoisotopic (exact) mass is 317 g/mol. The molecule has 2 fully saturated rings. The molecule has 0 N–H and O–H groups in total. The van der Waals surface area contributed by atoms with Crippen molar-refractivity contribution in [1.82, 2.24) is 15.0 Å². The molecule has 5 heteroatoms. The van der Waals surface area contributed by atoms with Crippen molar-refractivity contribution in [3.8, 4) is 0 Å². The van der Waals surface area contributed by atoms with E-state index in [1.165, 1.54) is 31.2 Å². The molecule has 2 unspecified atom stereocenters. The van der Waals surface area contributed by atoms with Crippen molar-refractivity contribution in [2.24, 2.45) is 0 Å². The number of aryl methyl sites for hydroxylation is 1. The van der Waals surface area contributed by atoms with E-state index >= 15 is 0 Å². The molecule has 2 aliphatic heterocycles. The zero-order valence-electron chi connectivity index (χ0n) is 14.1. The van der Waals surface area contributed by atoms with Crippen LogP contribution < -0.4 is 0 Å². The molecule has 0 radical (unpaired) electrons. The zero-order chi connectivity index (χ0) is 15.8. The van der Waals surface area contributed by atoms with Crippen molar-refractivity contribution in [2.45, 2.75) is 76.9 Å². The fourth-order valence-corrected chi connectivity index (χ4v) is 4.83. The molecule has 0 spiro atoms. The van der Waals surface area contributed by atoms with Crippen LogP contribution in [-0.4, -0.2) is 46.0 Å². The SMILES string of the molecule is CC(=O)N1CCCC1C1CCCN1Cc1noc2c1CCCC2. The molecule has 0 aromatic carbocycles. The summed E-state index contributed by atoms with van der Waals surface area (Å²) in [6.07, 6.45) is 9.38. The Hall–Kier alpha value is -1.36. The number of carbonyl (C=O) groups excluding carboxylic acids is 1. The van der Waals surface area contributed by atoms with Gasteiger partial charge in [-0.1, -0.05) is 5.16 Å². The van der Waals surface area contributed by atoms with Crippen LogP contribution in [0.1, 0.15) is 62.5 Å². The molecule has 1 aromatic rings. The van der Waals surface area contributed by atoms with Gasteiger partial charge in [0.05, 0.1) is 0 Å². The van der Waals surface area contributed by atoms with Gasteiger partial charge in [0, 0.05) is 44.1 Å². The number of rotatable bonds is 3. The quantitative estimate of drug-likeness (QED) is 0.859. The Morgan fingerprint density at radius 1 is 1.13 bits per heavy atom. The Kier molecular flexibility index (Phi) is 4.14. The van der Waals surface area contributed by atoms with Gasteiger partial charge in [-0.25, -0.2) is 0 Å². The number of likely N-dealkylation sites (tertiary alicyclic amines) is 2. The average molecular weight is 317 g/mol. The Balaban J connectivity index is 1.50. The van der Waals surface area contributed by atoms with Gasteiger partial charge in [-0.2, -0.15) is 0 Å². The summed E-state index contributed by atoms with van der Waals surface area (Å²) in [5, 5.41) is 4.38. The molecule has 23 heavy (non-hydrogen) atoms. The third-order valence-electron chi connectivity index (χ3n) is 5.95. The van der Waals surface area contributed by atoms with Crippen LogP contribution in [0.4, 0.5) is 0 Å². The highest BCUT2D eigenvalue weighted by Crippen LogP contribution is 2.32. The summed E-state index contributed by atoms with van der Waals surface area (Å²) < 4.78 is 5.58. The molecule has 2 saturated heterocycles. The lowest BCUT2D eigenvalue weighted by molar-refractivity contribution is -0.130. The van der Waals surface area contributed by atoms with Crippen LogP contribution in [0.5, 0.6) is 0 Å². The van der Waals surface area contributed by atoms with Crippen LogP contribution in [0.15, 0.2) is 4.52 Å². The maximum absolute atomic E-state index is 11.9. The smallest absolute Gasteiger partial charge is 0.219 e. The lowest BCUT2D eigenvalue weighted by Crippen LogP contribution is -2.47. The fraction of sp³-hybridized carbons (Fsp3) is 0.778. The number of fused-ring (bicyclic) bond motifs is 1. The predicted molar refractivity (Wildman–Crippen MR) is 87.0 cm³/mol. The number of amides is 1. The van der Waals surface area contributed by atoms with Gasteiger partial charge in [0.1, 0.15) is 11.5 Å². The highest BCUT2D eigenvalue weighted by molar-refractivity contribution is 5.74. The summed E-state index contributed by atoms with van der Waals surface area (Å²) >= 11 is 0. The predicted octanol–water partition coefficient (Wildman–Crippen LogP) is 2.53. The molecular formula is C18H27N3O2. The van der Waals surface area contributed by atoms with Gasteiger partial charge < -0.3 is 9.42 Å². The van der Waals surface area contributed by atoms with Crippen LogP contribution in [-0.2, 0) is 24.2 Å². The number of nitrogens with zero attached hydrogens (tertiary/aromatic N) is 3. The first-order valence-electron chi connectivity index (χ1n) is 9.21.